The molecule has 2 aromatic heterocycles. The van der Waals surface area contributed by atoms with Gasteiger partial charge in [-0.25, -0.2) is 14.3 Å². The quantitative estimate of drug-likeness (QED) is 0.0237. The number of cyclic esters (lactones) is 1. The number of nitrogens with one attached hydrogen (secondary N) is 3. The van der Waals surface area contributed by atoms with E-state index in [-0.39, 0.29) is 67.7 Å². The number of rotatable bonds is 20. The number of nitrogens with zero attached hydrogens (tertiary/aromatic N) is 2. The molecule has 0 aliphatic carbocycles. The molecule has 20 heteroatoms. The van der Waals surface area contributed by atoms with Gasteiger partial charge in [-0.1, -0.05) is 13.8 Å². The summed E-state index contributed by atoms with van der Waals surface area (Å²) in [6.07, 6.45) is 7.41. The lowest BCUT2D eigenvalue weighted by Gasteiger charge is -2.32. The van der Waals surface area contributed by atoms with Gasteiger partial charge in [-0.2, -0.15) is 5.09 Å². The van der Waals surface area contributed by atoms with E-state index in [2.05, 4.69) is 21.2 Å². The summed E-state index contributed by atoms with van der Waals surface area (Å²) in [5.74, 6) is -1.66. The lowest BCUT2D eigenvalue weighted by atomic mass is 9.86. The van der Waals surface area contributed by atoms with Crippen LogP contribution >= 0.6 is 15.3 Å². The highest BCUT2D eigenvalue weighted by molar-refractivity contribution is 7.65. The van der Waals surface area contributed by atoms with Gasteiger partial charge in [-0.3, -0.25) is 23.5 Å². The number of pyridine rings is 2. The predicted octanol–water partition coefficient (Wildman–Crippen LogP) is 6.66. The lowest BCUT2D eigenvalue weighted by molar-refractivity contribution is -0.172. The SMILES string of the molecule is C#CP(=O)(Nc1ccc(C(=O)NCCCCCOP(=O)(NC(C)(C)C(=O)OC(C)(C)C)Oc2ccc3nc4c(c(CC)c3c2)Cn2c-4cc3c(c2=O)COC(=O)[C@]3(O)CC)cc1)OCCO. The van der Waals surface area contributed by atoms with Crippen LogP contribution in [0.2, 0.25) is 0 Å². The highest BCUT2D eigenvalue weighted by Gasteiger charge is 2.46. The number of fused-ring (bicyclic) bond motifs is 5. The van der Waals surface area contributed by atoms with Crippen molar-refractivity contribution in [1.82, 2.24) is 20.0 Å². The third-order valence-corrected chi connectivity index (χ3v) is 14.3. The molecule has 2 unspecified atom stereocenters. The molecule has 0 bridgehead atoms. The molecular weight excluding hydrogens is 892 g/mol. The number of terminal acetylenes is 1. The first-order chi connectivity index (χ1) is 31.1. The molecule has 2 aliphatic heterocycles. The normalized spacial score (nSPS) is 17.3. The molecule has 0 saturated heterocycles. The van der Waals surface area contributed by atoms with Crippen LogP contribution in [0.15, 0.2) is 53.3 Å². The number of hydrogen-bond acceptors (Lipinski definition) is 14. The maximum absolute atomic E-state index is 14.7. The minimum Gasteiger partial charge on any atom is -0.459 e. The number of aromatic nitrogens is 2. The van der Waals surface area contributed by atoms with Crippen LogP contribution in [0, 0.1) is 12.1 Å². The number of anilines is 1. The Hall–Kier alpha value is -5.37. The molecule has 6 rings (SSSR count). The molecule has 4 aromatic rings. The second-order valence-corrected chi connectivity index (χ2v) is 21.0. The van der Waals surface area contributed by atoms with E-state index in [1.807, 2.05) is 6.92 Å². The Morgan fingerprint density at radius 2 is 1.71 bits per heavy atom. The molecule has 1 amide bonds. The van der Waals surface area contributed by atoms with E-state index >= 15 is 0 Å². The van der Waals surface area contributed by atoms with Crippen molar-refractivity contribution in [1.29, 1.82) is 0 Å². The third kappa shape index (κ3) is 10.9. The average molecular weight is 950 g/mol. The maximum Gasteiger partial charge on any atom is 0.459 e. The molecule has 4 heterocycles. The minimum absolute atomic E-state index is 0.0182. The molecule has 0 saturated carbocycles. The zero-order valence-corrected chi connectivity index (χ0v) is 39.9. The first-order valence-electron chi connectivity index (χ1n) is 21.7. The number of ether oxygens (including phenoxy) is 2. The Morgan fingerprint density at radius 3 is 2.36 bits per heavy atom. The maximum atomic E-state index is 14.7. The second-order valence-electron chi connectivity index (χ2n) is 17.5. The number of unbranched alkanes of at least 4 members (excludes halogenated alkanes) is 2. The van der Waals surface area contributed by atoms with Gasteiger partial charge in [0.1, 0.15) is 23.5 Å². The van der Waals surface area contributed by atoms with Crippen LogP contribution in [0.3, 0.4) is 0 Å². The zero-order valence-electron chi connectivity index (χ0n) is 38.1. The van der Waals surface area contributed by atoms with Crippen molar-refractivity contribution < 1.29 is 56.8 Å². The first-order valence-corrected chi connectivity index (χ1v) is 24.9. The molecule has 18 nitrogen and oxygen atoms in total. The number of carbonyl (C=O) groups excluding carboxylic acids is 3. The van der Waals surface area contributed by atoms with Gasteiger partial charge in [-0.15, -0.1) is 6.42 Å². The van der Waals surface area contributed by atoms with Crippen molar-refractivity contribution in [3.63, 3.8) is 0 Å². The van der Waals surface area contributed by atoms with Gasteiger partial charge in [0.15, 0.2) is 5.60 Å². The summed E-state index contributed by atoms with van der Waals surface area (Å²) in [5.41, 5.74) is 1.74. The van der Waals surface area contributed by atoms with E-state index < -0.39 is 43.9 Å². The monoisotopic (exact) mass is 949 g/mol. The van der Waals surface area contributed by atoms with Gasteiger partial charge in [0, 0.05) is 40.0 Å². The number of aryl methyl sites for hydroxylation is 1. The number of hydrogen-bond donors (Lipinski definition) is 5. The number of amides is 1. The molecule has 0 radical (unpaired) electrons. The summed E-state index contributed by atoms with van der Waals surface area (Å²) in [6, 6.07) is 12.8. The molecular formula is C46H57N5O13P2. The van der Waals surface area contributed by atoms with E-state index in [4.69, 9.17) is 39.6 Å². The van der Waals surface area contributed by atoms with Crippen molar-refractivity contribution >= 4 is 49.7 Å². The van der Waals surface area contributed by atoms with Crippen LogP contribution in [0.1, 0.15) is 107 Å². The standard InChI is InChI=1S/C46H57N5O13P2/c1-9-32-33-25-31(19-20-37(33)48-39-34(32)27-51-38(39)26-36-35(41(51)54)28-60-43(56)46(36,57)10-2)64-66(59,50-45(7,8)42(55)63-44(4,5)6)62-23-14-12-13-21-47-40(53)29-15-17-30(18-16-29)49-65(58,11-3)61-24-22-52/h3,15-20,25-26,52,57H,9-10,12-14,21-24,27-28H2,1-2,4-8H3,(H,47,53)(H,49,58)(H,50,59)/t46-,65?,66?/m0/s1. The van der Waals surface area contributed by atoms with E-state index in [1.54, 1.807) is 56.5 Å². The fraction of sp³-hybridized carbons (Fsp3) is 0.457. The van der Waals surface area contributed by atoms with Gasteiger partial charge in [0.25, 0.3) is 11.5 Å². The van der Waals surface area contributed by atoms with Crippen molar-refractivity contribution in [2.24, 2.45) is 0 Å². The molecule has 5 N–H and O–H groups in total. The average Bonchev–Trinajstić information content (AvgIpc) is 3.63. The summed E-state index contributed by atoms with van der Waals surface area (Å²) in [5, 5.41) is 29.2. The van der Waals surface area contributed by atoms with Crippen LogP contribution in [0.25, 0.3) is 22.3 Å². The summed E-state index contributed by atoms with van der Waals surface area (Å²) in [4.78, 5) is 57.6. The van der Waals surface area contributed by atoms with Crippen molar-refractivity contribution in [2.45, 2.75) is 110 Å². The molecule has 2 aliphatic rings. The van der Waals surface area contributed by atoms with E-state index in [0.717, 1.165) is 11.1 Å². The van der Waals surface area contributed by atoms with Crippen molar-refractivity contribution in [3.8, 4) is 29.2 Å². The fourth-order valence-electron chi connectivity index (χ4n) is 7.65. The topological polar surface area (TPSA) is 243 Å². The summed E-state index contributed by atoms with van der Waals surface area (Å²) in [7, 11) is -7.99. The van der Waals surface area contributed by atoms with Crippen LogP contribution in [0.5, 0.6) is 5.75 Å². The second kappa shape index (κ2) is 19.8. The zero-order chi connectivity index (χ0) is 48.2. The molecule has 3 atom stereocenters. The van der Waals surface area contributed by atoms with Gasteiger partial charge in [0.05, 0.1) is 48.8 Å². The van der Waals surface area contributed by atoms with E-state index in [0.29, 0.717) is 65.8 Å². The van der Waals surface area contributed by atoms with Crippen LogP contribution < -0.4 is 25.6 Å². The molecule has 2 aromatic carbocycles. The molecule has 354 valence electrons. The van der Waals surface area contributed by atoms with Gasteiger partial charge in [0.2, 0.25) is 0 Å². The number of carbonyl (C=O) groups is 3. The molecule has 0 fully saturated rings. The Labute approximate surface area is 383 Å². The smallest absolute Gasteiger partial charge is 0.459 e. The largest absolute Gasteiger partial charge is 0.459 e. The van der Waals surface area contributed by atoms with Gasteiger partial charge < -0.3 is 43.7 Å². The van der Waals surface area contributed by atoms with E-state index in [1.165, 1.54) is 38.1 Å². The van der Waals surface area contributed by atoms with Crippen molar-refractivity contribution in [3.05, 3.63) is 86.7 Å². The number of aliphatic hydroxyl groups excluding tert-OH is 1. The minimum atomic E-state index is -4.33. The van der Waals surface area contributed by atoms with Crippen molar-refractivity contribution in [2.75, 3.05) is 31.5 Å². The lowest BCUT2D eigenvalue weighted by Crippen LogP contribution is -2.49. The Kier molecular flexibility index (Phi) is 15.0. The fourth-order valence-corrected chi connectivity index (χ4v) is 10.4. The predicted molar refractivity (Wildman–Crippen MR) is 247 cm³/mol. The Balaban J connectivity index is 1.15. The van der Waals surface area contributed by atoms with Crippen LogP contribution in [-0.4, -0.2) is 75.1 Å². The number of benzene rings is 2. The molecule has 0 spiro atoms. The summed E-state index contributed by atoms with van der Waals surface area (Å²) < 4.78 is 56.9. The third-order valence-electron chi connectivity index (χ3n) is 11.0. The van der Waals surface area contributed by atoms with Crippen LogP contribution in [-0.2, 0) is 62.4 Å². The number of aliphatic hydroxyl groups is 2. The highest BCUT2D eigenvalue weighted by atomic mass is 31.2. The summed E-state index contributed by atoms with van der Waals surface area (Å²) >= 11 is 0. The summed E-state index contributed by atoms with van der Waals surface area (Å²) in [6.45, 7) is 11.5. The number of esters is 2. The highest BCUT2D eigenvalue weighted by Crippen LogP contribution is 2.49. The van der Waals surface area contributed by atoms with Gasteiger partial charge in [-0.05, 0) is 121 Å². The van der Waals surface area contributed by atoms with E-state index in [9.17, 15) is 33.4 Å². The van der Waals surface area contributed by atoms with Crippen LogP contribution in [0.4, 0.5) is 5.69 Å². The first kappa shape index (κ1) is 50.1. The Morgan fingerprint density at radius 1 is 0.985 bits per heavy atom. The molecule has 66 heavy (non-hydrogen) atoms. The van der Waals surface area contributed by atoms with Gasteiger partial charge >= 0.3 is 27.2 Å². The Bertz CT molecular complexity index is 2720.